The van der Waals surface area contributed by atoms with Crippen LogP contribution < -0.4 is 9.47 Å². The molecular formula is C20H17ClN2O6S2. The van der Waals surface area contributed by atoms with E-state index in [9.17, 15) is 16.8 Å². The predicted molar refractivity (Wildman–Crippen MR) is 118 cm³/mol. The second-order valence-electron chi connectivity index (χ2n) is 6.12. The molecule has 2 aromatic carbocycles. The van der Waals surface area contributed by atoms with Crippen molar-refractivity contribution in [3.05, 3.63) is 71.8 Å². The largest absolute Gasteiger partial charge is 0.497 e. The SMILES string of the molecule is COc1ccc(S(=O)(=O)/N=C2C=C/C(=N\S(=O)(=O)c3ccc(OC)cc3)C(Cl)=C/2)cc1. The topological polar surface area (TPSA) is 111 Å². The van der Waals surface area contributed by atoms with Gasteiger partial charge < -0.3 is 9.47 Å². The third-order valence-corrected chi connectivity index (χ3v) is 7.02. The highest BCUT2D eigenvalue weighted by molar-refractivity contribution is 7.90. The van der Waals surface area contributed by atoms with Gasteiger partial charge in [-0.1, -0.05) is 11.6 Å². The van der Waals surface area contributed by atoms with E-state index in [0.29, 0.717) is 11.5 Å². The van der Waals surface area contributed by atoms with Crippen LogP contribution in [0, 0.1) is 0 Å². The van der Waals surface area contributed by atoms with Crippen molar-refractivity contribution in [1.29, 1.82) is 0 Å². The lowest BCUT2D eigenvalue weighted by atomic mass is 10.1. The summed E-state index contributed by atoms with van der Waals surface area (Å²) in [6.45, 7) is 0. The Bertz CT molecular complexity index is 1310. The Morgan fingerprint density at radius 3 is 1.58 bits per heavy atom. The third-order valence-electron chi connectivity index (χ3n) is 4.09. The zero-order valence-electron chi connectivity index (χ0n) is 16.4. The van der Waals surface area contributed by atoms with Crippen molar-refractivity contribution >= 4 is 43.1 Å². The van der Waals surface area contributed by atoms with Gasteiger partial charge in [-0.05, 0) is 66.8 Å². The normalized spacial score (nSPS) is 16.9. The van der Waals surface area contributed by atoms with Crippen molar-refractivity contribution in [2.24, 2.45) is 8.80 Å². The summed E-state index contributed by atoms with van der Waals surface area (Å²) in [6.07, 6.45) is 3.83. The summed E-state index contributed by atoms with van der Waals surface area (Å²) in [4.78, 5) is -0.0690. The van der Waals surface area contributed by atoms with Crippen molar-refractivity contribution in [3.63, 3.8) is 0 Å². The molecule has 0 fully saturated rings. The Morgan fingerprint density at radius 1 is 0.710 bits per heavy atom. The lowest BCUT2D eigenvalue weighted by molar-refractivity contribution is 0.414. The molecule has 1 aliphatic carbocycles. The molecule has 0 atom stereocenters. The molecule has 2 aromatic rings. The summed E-state index contributed by atoms with van der Waals surface area (Å²) in [6, 6.07) is 11.4. The van der Waals surface area contributed by atoms with Gasteiger partial charge in [0, 0.05) is 0 Å². The number of ether oxygens (including phenoxy) is 2. The average molecular weight is 481 g/mol. The van der Waals surface area contributed by atoms with E-state index in [1.54, 1.807) is 0 Å². The molecule has 0 amide bonds. The van der Waals surface area contributed by atoms with Crippen LogP contribution in [0.15, 0.2) is 90.4 Å². The minimum Gasteiger partial charge on any atom is -0.497 e. The number of halogens is 1. The lowest BCUT2D eigenvalue weighted by Gasteiger charge is -2.08. The number of hydrogen-bond acceptors (Lipinski definition) is 6. The molecule has 0 saturated carbocycles. The van der Waals surface area contributed by atoms with Gasteiger partial charge in [0.1, 0.15) is 11.5 Å². The molecule has 0 heterocycles. The minimum atomic E-state index is -4.03. The van der Waals surface area contributed by atoms with Gasteiger partial charge in [-0.3, -0.25) is 0 Å². The summed E-state index contributed by atoms with van der Waals surface area (Å²) in [5.74, 6) is 1.01. The quantitative estimate of drug-likeness (QED) is 0.586. The molecule has 0 aromatic heterocycles. The van der Waals surface area contributed by atoms with Crippen LogP contribution in [-0.2, 0) is 20.0 Å². The maximum atomic E-state index is 12.5. The van der Waals surface area contributed by atoms with Crippen molar-refractivity contribution in [2.75, 3.05) is 14.2 Å². The molecule has 0 N–H and O–H groups in total. The summed E-state index contributed by atoms with van der Waals surface area (Å²) in [7, 11) is -5.10. The predicted octanol–water partition coefficient (Wildman–Crippen LogP) is 3.36. The zero-order valence-corrected chi connectivity index (χ0v) is 18.8. The van der Waals surface area contributed by atoms with E-state index in [4.69, 9.17) is 21.1 Å². The molecule has 0 radical (unpaired) electrons. The second kappa shape index (κ2) is 9.04. The number of sulfonamides is 2. The van der Waals surface area contributed by atoms with Crippen LogP contribution in [0.5, 0.6) is 11.5 Å². The van der Waals surface area contributed by atoms with E-state index in [0.717, 1.165) is 0 Å². The second-order valence-corrected chi connectivity index (χ2v) is 9.73. The van der Waals surface area contributed by atoms with Crippen LogP contribution in [0.2, 0.25) is 0 Å². The number of rotatable bonds is 6. The molecule has 0 unspecified atom stereocenters. The first-order chi connectivity index (χ1) is 14.6. The summed E-state index contributed by atoms with van der Waals surface area (Å²) >= 11 is 6.14. The molecule has 3 rings (SSSR count). The van der Waals surface area contributed by atoms with Gasteiger partial charge in [0.05, 0.1) is 40.5 Å². The highest BCUT2D eigenvalue weighted by Crippen LogP contribution is 2.22. The molecule has 0 spiro atoms. The number of nitrogens with zero attached hydrogens (tertiary/aromatic N) is 2. The summed E-state index contributed by atoms with van der Waals surface area (Å²) in [5.41, 5.74) is -0.0140. The molecule has 31 heavy (non-hydrogen) atoms. The Kier molecular flexibility index (Phi) is 6.63. The van der Waals surface area contributed by atoms with Gasteiger partial charge in [-0.25, -0.2) is 0 Å². The maximum absolute atomic E-state index is 12.5. The van der Waals surface area contributed by atoms with Gasteiger partial charge in [0.2, 0.25) is 0 Å². The number of allylic oxidation sites excluding steroid dienone is 4. The van der Waals surface area contributed by atoms with E-state index < -0.39 is 20.0 Å². The van der Waals surface area contributed by atoms with Crippen LogP contribution in [-0.4, -0.2) is 42.5 Å². The monoisotopic (exact) mass is 480 g/mol. The average Bonchev–Trinajstić information content (AvgIpc) is 2.75. The molecule has 0 saturated heterocycles. The molecular weight excluding hydrogens is 464 g/mol. The molecule has 0 bridgehead atoms. The number of hydrogen-bond donors (Lipinski definition) is 0. The van der Waals surface area contributed by atoms with Crippen molar-refractivity contribution in [3.8, 4) is 11.5 Å². The standard InChI is InChI=1S/C20H17ClN2O6S2/c1-28-15-4-8-17(9-5-15)30(24,25)22-14-3-12-20(19(21)13-14)23-31(26,27)18-10-6-16(29-2)7-11-18/h3-13H,1-2H3/b22-14-,23-20+. The first-order valence-electron chi connectivity index (χ1n) is 8.68. The van der Waals surface area contributed by atoms with Crippen molar-refractivity contribution < 1.29 is 26.3 Å². The van der Waals surface area contributed by atoms with Crippen molar-refractivity contribution in [1.82, 2.24) is 0 Å². The third kappa shape index (κ3) is 5.40. The number of methoxy groups -OCH3 is 2. The lowest BCUT2D eigenvalue weighted by Crippen LogP contribution is -2.10. The van der Waals surface area contributed by atoms with Gasteiger partial charge in [0.25, 0.3) is 20.0 Å². The Hall–Kier alpha value is -2.95. The van der Waals surface area contributed by atoms with Crippen LogP contribution >= 0.6 is 11.6 Å². The zero-order chi connectivity index (χ0) is 22.6. The van der Waals surface area contributed by atoms with E-state index in [2.05, 4.69) is 8.80 Å². The fraction of sp³-hybridized carbons (Fsp3) is 0.100. The fourth-order valence-corrected chi connectivity index (χ4v) is 4.74. The van der Waals surface area contributed by atoms with Crippen molar-refractivity contribution in [2.45, 2.75) is 9.79 Å². The minimum absolute atomic E-state index is 0.0275. The molecule has 1 aliphatic rings. The first kappa shape index (κ1) is 22.7. The van der Waals surface area contributed by atoms with Crippen LogP contribution in [0.3, 0.4) is 0 Å². The van der Waals surface area contributed by atoms with E-state index in [1.807, 2.05) is 0 Å². The highest BCUT2D eigenvalue weighted by Gasteiger charge is 2.19. The van der Waals surface area contributed by atoms with Gasteiger partial charge in [-0.2, -0.15) is 25.6 Å². The van der Waals surface area contributed by atoms with Crippen LogP contribution in [0.4, 0.5) is 0 Å². The number of benzene rings is 2. The van der Waals surface area contributed by atoms with Crippen LogP contribution in [0.25, 0.3) is 0 Å². The molecule has 8 nitrogen and oxygen atoms in total. The smallest absolute Gasteiger partial charge is 0.282 e. The van der Waals surface area contributed by atoms with E-state index in [-0.39, 0.29) is 26.2 Å². The van der Waals surface area contributed by atoms with Gasteiger partial charge in [0.15, 0.2) is 0 Å². The van der Waals surface area contributed by atoms with E-state index in [1.165, 1.54) is 81.0 Å². The Balaban J connectivity index is 1.87. The highest BCUT2D eigenvalue weighted by atomic mass is 35.5. The molecule has 162 valence electrons. The van der Waals surface area contributed by atoms with Gasteiger partial charge >= 0.3 is 0 Å². The molecule has 11 heteroatoms. The first-order valence-corrected chi connectivity index (χ1v) is 11.9. The Labute approximate surface area is 185 Å². The summed E-state index contributed by atoms with van der Waals surface area (Å²) in [5, 5.41) is -0.0664. The summed E-state index contributed by atoms with van der Waals surface area (Å²) < 4.78 is 67.5. The van der Waals surface area contributed by atoms with Crippen LogP contribution in [0.1, 0.15) is 0 Å². The van der Waals surface area contributed by atoms with E-state index >= 15 is 0 Å². The molecule has 0 aliphatic heterocycles. The maximum Gasteiger partial charge on any atom is 0.282 e. The fourth-order valence-electron chi connectivity index (χ4n) is 2.50. The Morgan fingerprint density at radius 2 is 1.16 bits per heavy atom. The van der Waals surface area contributed by atoms with Gasteiger partial charge in [-0.15, -0.1) is 0 Å².